The summed E-state index contributed by atoms with van der Waals surface area (Å²) in [7, 11) is -3.90. The number of pyridine rings is 1. The number of hydrogen-bond acceptors (Lipinski definition) is 6. The molecule has 174 valence electrons. The molecule has 0 amide bonds. The van der Waals surface area contributed by atoms with E-state index >= 15 is 0 Å². The van der Waals surface area contributed by atoms with Gasteiger partial charge in [0.15, 0.2) is 11.6 Å². The molecular formula is C23H22ClFN2O5S. The molecule has 0 spiro atoms. The molecule has 1 heterocycles. The third kappa shape index (κ3) is 6.00. The zero-order chi connectivity index (χ0) is 24.3. The van der Waals surface area contributed by atoms with Gasteiger partial charge in [-0.15, -0.1) is 0 Å². The van der Waals surface area contributed by atoms with Crippen LogP contribution in [-0.4, -0.2) is 30.6 Å². The zero-order valence-corrected chi connectivity index (χ0v) is 19.7. The van der Waals surface area contributed by atoms with Gasteiger partial charge in [-0.25, -0.2) is 4.39 Å². The van der Waals surface area contributed by atoms with Crippen molar-refractivity contribution in [2.24, 2.45) is 5.16 Å². The SMILES string of the molecule is Cc1cc(Cl)ccc1C(C/C(=N\O)c1c[nH]c(=O)c(C)c1)c1ccc(OS(C)(=O)=O)c(F)c1. The first-order chi connectivity index (χ1) is 15.5. The molecule has 0 saturated carbocycles. The highest BCUT2D eigenvalue weighted by Crippen LogP contribution is 2.35. The predicted octanol–water partition coefficient (Wildman–Crippen LogP) is 4.52. The van der Waals surface area contributed by atoms with Crippen LogP contribution in [0.3, 0.4) is 0 Å². The van der Waals surface area contributed by atoms with Crippen molar-refractivity contribution >= 4 is 27.4 Å². The fourth-order valence-corrected chi connectivity index (χ4v) is 4.26. The molecular weight excluding hydrogens is 471 g/mol. The van der Waals surface area contributed by atoms with Gasteiger partial charge in [-0.3, -0.25) is 4.79 Å². The molecule has 0 bridgehead atoms. The lowest BCUT2D eigenvalue weighted by molar-refractivity contribution is 0.317. The van der Waals surface area contributed by atoms with Gasteiger partial charge in [0.05, 0.1) is 12.0 Å². The van der Waals surface area contributed by atoms with Crippen LogP contribution in [0.15, 0.2) is 58.6 Å². The highest BCUT2D eigenvalue weighted by atomic mass is 35.5. The Kier molecular flexibility index (Phi) is 7.24. The zero-order valence-electron chi connectivity index (χ0n) is 18.1. The normalized spacial score (nSPS) is 13.1. The van der Waals surface area contributed by atoms with E-state index < -0.39 is 27.6 Å². The van der Waals surface area contributed by atoms with E-state index in [0.717, 1.165) is 17.4 Å². The molecule has 3 rings (SSSR count). The molecule has 0 aliphatic carbocycles. The summed E-state index contributed by atoms with van der Waals surface area (Å²) in [6, 6.07) is 10.8. The van der Waals surface area contributed by atoms with E-state index in [4.69, 9.17) is 15.8 Å². The number of aromatic nitrogens is 1. The first kappa shape index (κ1) is 24.5. The quantitative estimate of drug-likeness (QED) is 0.218. The lowest BCUT2D eigenvalue weighted by Gasteiger charge is -2.21. The molecule has 2 N–H and O–H groups in total. The maximum absolute atomic E-state index is 14.7. The minimum absolute atomic E-state index is 0.149. The van der Waals surface area contributed by atoms with E-state index in [1.54, 1.807) is 37.3 Å². The van der Waals surface area contributed by atoms with Crippen molar-refractivity contribution in [3.63, 3.8) is 0 Å². The van der Waals surface area contributed by atoms with Gasteiger partial charge in [-0.1, -0.05) is 28.9 Å². The number of halogens is 2. The van der Waals surface area contributed by atoms with Crippen LogP contribution in [0.1, 0.15) is 40.2 Å². The smallest absolute Gasteiger partial charge is 0.306 e. The Balaban J connectivity index is 2.09. The van der Waals surface area contributed by atoms with E-state index in [0.29, 0.717) is 21.7 Å². The van der Waals surface area contributed by atoms with Crippen LogP contribution >= 0.6 is 11.6 Å². The first-order valence-electron chi connectivity index (χ1n) is 9.84. The monoisotopic (exact) mass is 492 g/mol. The summed E-state index contributed by atoms with van der Waals surface area (Å²) in [6.45, 7) is 3.49. The van der Waals surface area contributed by atoms with E-state index in [1.807, 2.05) is 6.92 Å². The highest BCUT2D eigenvalue weighted by Gasteiger charge is 2.23. The lowest BCUT2D eigenvalue weighted by atomic mass is 9.83. The average molecular weight is 493 g/mol. The largest absolute Gasteiger partial charge is 0.411 e. The predicted molar refractivity (Wildman–Crippen MR) is 125 cm³/mol. The molecule has 1 aromatic heterocycles. The van der Waals surface area contributed by atoms with E-state index in [2.05, 4.69) is 10.1 Å². The van der Waals surface area contributed by atoms with Gasteiger partial charge in [-0.2, -0.15) is 8.42 Å². The second-order valence-electron chi connectivity index (χ2n) is 7.68. The number of aromatic amines is 1. The molecule has 1 unspecified atom stereocenters. The van der Waals surface area contributed by atoms with Crippen LogP contribution < -0.4 is 9.74 Å². The molecule has 0 radical (unpaired) electrons. The number of aryl methyl sites for hydroxylation is 2. The number of nitrogens with one attached hydrogen (secondary N) is 1. The molecule has 0 saturated heterocycles. The van der Waals surface area contributed by atoms with Crippen molar-refractivity contribution in [2.75, 3.05) is 6.26 Å². The first-order valence-corrected chi connectivity index (χ1v) is 12.0. The van der Waals surface area contributed by atoms with Gasteiger partial charge in [0.1, 0.15) is 0 Å². The summed E-state index contributed by atoms with van der Waals surface area (Å²) < 4.78 is 42.2. The third-order valence-corrected chi connectivity index (χ3v) is 5.86. The molecule has 10 heteroatoms. The lowest BCUT2D eigenvalue weighted by Crippen LogP contribution is -2.16. The van der Waals surface area contributed by atoms with Gasteiger partial charge in [0, 0.05) is 34.7 Å². The van der Waals surface area contributed by atoms with Crippen molar-refractivity contribution in [3.05, 3.63) is 97.7 Å². The molecule has 2 aromatic carbocycles. The number of hydrogen-bond donors (Lipinski definition) is 2. The van der Waals surface area contributed by atoms with Crippen LogP contribution in [0.5, 0.6) is 5.75 Å². The standard InChI is InChI=1S/C23H22ClFN2O5S/c1-13-9-17(24)5-6-18(13)19(11-21(27-29)16-8-14(2)23(28)26-12-16)15-4-7-22(20(25)10-15)32-33(3,30)31/h4-10,12,19,29H,11H2,1-3H3,(H,26,28)/b27-21+. The highest BCUT2D eigenvalue weighted by molar-refractivity contribution is 7.86. The van der Waals surface area contributed by atoms with Gasteiger partial charge < -0.3 is 14.4 Å². The average Bonchev–Trinajstić information content (AvgIpc) is 2.72. The number of H-pyrrole nitrogens is 1. The second-order valence-corrected chi connectivity index (χ2v) is 9.69. The second kappa shape index (κ2) is 9.76. The van der Waals surface area contributed by atoms with Gasteiger partial charge >= 0.3 is 10.1 Å². The summed E-state index contributed by atoms with van der Waals surface area (Å²) in [5, 5.41) is 13.7. The Morgan fingerprint density at radius 2 is 1.91 bits per heavy atom. The van der Waals surface area contributed by atoms with Gasteiger partial charge in [-0.05, 0) is 60.9 Å². The van der Waals surface area contributed by atoms with Crippen LogP contribution in [0.2, 0.25) is 5.02 Å². The van der Waals surface area contributed by atoms with Crippen LogP contribution in [-0.2, 0) is 10.1 Å². The van der Waals surface area contributed by atoms with E-state index in [-0.39, 0.29) is 17.7 Å². The summed E-state index contributed by atoms with van der Waals surface area (Å²) in [5.74, 6) is -1.75. The van der Waals surface area contributed by atoms with Crippen LogP contribution in [0.4, 0.5) is 4.39 Å². The maximum Gasteiger partial charge on any atom is 0.306 e. The van der Waals surface area contributed by atoms with Crippen molar-refractivity contribution < 1.29 is 22.2 Å². The molecule has 0 aliphatic rings. The molecule has 3 aromatic rings. The summed E-state index contributed by atoms with van der Waals surface area (Å²) >= 11 is 6.11. The molecule has 0 aliphatic heterocycles. The Morgan fingerprint density at radius 1 is 1.18 bits per heavy atom. The topological polar surface area (TPSA) is 109 Å². The fourth-order valence-electron chi connectivity index (χ4n) is 3.58. The van der Waals surface area contributed by atoms with E-state index in [9.17, 15) is 22.8 Å². The Hall–Kier alpha value is -3.17. The molecule has 0 fully saturated rings. The Morgan fingerprint density at radius 3 is 2.48 bits per heavy atom. The number of nitrogens with zero attached hydrogens (tertiary/aromatic N) is 1. The minimum Gasteiger partial charge on any atom is -0.411 e. The molecule has 33 heavy (non-hydrogen) atoms. The number of oxime groups is 1. The van der Waals surface area contributed by atoms with Crippen LogP contribution in [0, 0.1) is 19.7 Å². The summed E-state index contributed by atoms with van der Waals surface area (Å²) in [5.41, 5.74) is 3.10. The Bertz CT molecular complexity index is 1390. The van der Waals surface area contributed by atoms with Crippen molar-refractivity contribution in [2.45, 2.75) is 26.2 Å². The number of benzene rings is 2. The number of rotatable bonds is 7. The third-order valence-electron chi connectivity index (χ3n) is 5.15. The summed E-state index contributed by atoms with van der Waals surface area (Å²) in [6.07, 6.45) is 2.42. The van der Waals surface area contributed by atoms with E-state index in [1.165, 1.54) is 18.3 Å². The van der Waals surface area contributed by atoms with Crippen LogP contribution in [0.25, 0.3) is 0 Å². The maximum atomic E-state index is 14.7. The van der Waals surface area contributed by atoms with Crippen molar-refractivity contribution in [1.82, 2.24) is 4.98 Å². The van der Waals surface area contributed by atoms with Gasteiger partial charge in [0.2, 0.25) is 0 Å². The Labute approximate surface area is 195 Å². The van der Waals surface area contributed by atoms with Crippen molar-refractivity contribution in [3.8, 4) is 5.75 Å². The van der Waals surface area contributed by atoms with Gasteiger partial charge in [0.25, 0.3) is 5.56 Å². The molecule has 7 nitrogen and oxygen atoms in total. The van der Waals surface area contributed by atoms with Crippen molar-refractivity contribution in [1.29, 1.82) is 0 Å². The minimum atomic E-state index is -3.90. The fraction of sp³-hybridized carbons (Fsp3) is 0.217. The summed E-state index contributed by atoms with van der Waals surface area (Å²) in [4.78, 5) is 14.3. The molecule has 1 atom stereocenters.